The summed E-state index contributed by atoms with van der Waals surface area (Å²) < 4.78 is 2.20. The number of amidine groups is 2. The highest BCUT2D eigenvalue weighted by Gasteiger charge is 2.34. The van der Waals surface area contributed by atoms with E-state index in [-0.39, 0.29) is 11.7 Å². The van der Waals surface area contributed by atoms with Gasteiger partial charge in [0.1, 0.15) is 5.84 Å². The number of carbonyl (C=O) groups excluding carboxylic acids is 1. The zero-order valence-corrected chi connectivity index (χ0v) is 17.4. The quantitative estimate of drug-likeness (QED) is 0.744. The highest BCUT2D eigenvalue weighted by Crippen LogP contribution is 2.33. The van der Waals surface area contributed by atoms with Crippen molar-refractivity contribution in [1.29, 1.82) is 5.41 Å². The summed E-state index contributed by atoms with van der Waals surface area (Å²) in [4.78, 5) is 18.4. The van der Waals surface area contributed by atoms with E-state index in [9.17, 15) is 4.79 Å². The van der Waals surface area contributed by atoms with E-state index >= 15 is 0 Å². The van der Waals surface area contributed by atoms with Gasteiger partial charge in [0.05, 0.1) is 5.57 Å². The molecule has 0 saturated carbocycles. The maximum Gasteiger partial charge on any atom is 0.283 e. The van der Waals surface area contributed by atoms with Crippen molar-refractivity contribution in [2.45, 2.75) is 34.6 Å². The molecule has 4 rings (SSSR count). The minimum Gasteiger partial charge on any atom is -0.318 e. The van der Waals surface area contributed by atoms with Crippen molar-refractivity contribution < 1.29 is 4.79 Å². The van der Waals surface area contributed by atoms with Gasteiger partial charge >= 0.3 is 0 Å². The molecule has 5 nitrogen and oxygen atoms in total. The fourth-order valence-electron chi connectivity index (χ4n) is 3.76. The molecule has 0 fully saturated rings. The van der Waals surface area contributed by atoms with Crippen LogP contribution in [-0.4, -0.2) is 26.4 Å². The first-order valence-electron chi connectivity index (χ1n) is 9.11. The number of hydrogen-bond donors (Lipinski definition) is 1. The minimum atomic E-state index is -0.358. The van der Waals surface area contributed by atoms with E-state index in [0.29, 0.717) is 10.7 Å². The first-order chi connectivity index (χ1) is 13.3. The second kappa shape index (κ2) is 6.63. The molecule has 0 unspecified atom stereocenters. The highest BCUT2D eigenvalue weighted by atomic mass is 32.2. The number of fused-ring (bicyclic) bond motifs is 1. The highest BCUT2D eigenvalue weighted by molar-refractivity contribution is 8.16. The van der Waals surface area contributed by atoms with Gasteiger partial charge in [-0.25, -0.2) is 0 Å². The Morgan fingerprint density at radius 1 is 1.11 bits per heavy atom. The molecule has 0 aliphatic carbocycles. The van der Waals surface area contributed by atoms with Crippen LogP contribution in [0.3, 0.4) is 0 Å². The van der Waals surface area contributed by atoms with Crippen LogP contribution in [0.1, 0.15) is 35.0 Å². The number of hydrogen-bond acceptors (Lipinski definition) is 3. The normalized spacial score (nSPS) is 17.9. The Kier molecular flexibility index (Phi) is 4.38. The molecule has 1 aromatic carbocycles. The monoisotopic (exact) mass is 390 g/mol. The van der Waals surface area contributed by atoms with Crippen LogP contribution in [0.4, 0.5) is 0 Å². The smallest absolute Gasteiger partial charge is 0.283 e. The van der Waals surface area contributed by atoms with E-state index in [2.05, 4.69) is 54.6 Å². The molecule has 6 heteroatoms. The van der Waals surface area contributed by atoms with Gasteiger partial charge in [0.2, 0.25) is 0 Å². The lowest BCUT2D eigenvalue weighted by Crippen LogP contribution is -2.37. The van der Waals surface area contributed by atoms with Crippen LogP contribution in [0.25, 0.3) is 11.8 Å². The van der Waals surface area contributed by atoms with Gasteiger partial charge in [-0.05, 0) is 69.4 Å². The summed E-state index contributed by atoms with van der Waals surface area (Å²) in [7, 11) is 0. The third-order valence-corrected chi connectivity index (χ3v) is 6.09. The van der Waals surface area contributed by atoms with Crippen LogP contribution in [0, 0.1) is 33.1 Å². The zero-order chi connectivity index (χ0) is 20.2. The summed E-state index contributed by atoms with van der Waals surface area (Å²) in [6, 6.07) is 8.46. The van der Waals surface area contributed by atoms with Crippen molar-refractivity contribution in [3.63, 3.8) is 0 Å². The van der Waals surface area contributed by atoms with E-state index < -0.39 is 0 Å². The van der Waals surface area contributed by atoms with Crippen molar-refractivity contribution in [1.82, 2.24) is 9.47 Å². The summed E-state index contributed by atoms with van der Waals surface area (Å²) in [6.45, 7) is 10.2. The van der Waals surface area contributed by atoms with Crippen LogP contribution in [-0.2, 0) is 4.79 Å². The Bertz CT molecular complexity index is 1130. The van der Waals surface area contributed by atoms with Gasteiger partial charge in [0.15, 0.2) is 5.17 Å². The largest absolute Gasteiger partial charge is 0.318 e. The molecular weight excluding hydrogens is 368 g/mol. The number of thioether (sulfide) groups is 1. The predicted octanol–water partition coefficient (Wildman–Crippen LogP) is 4.88. The summed E-state index contributed by atoms with van der Waals surface area (Å²) >= 11 is 1.38. The van der Waals surface area contributed by atoms with Gasteiger partial charge in [0, 0.05) is 22.8 Å². The number of aryl methyl sites for hydroxylation is 3. The van der Waals surface area contributed by atoms with Gasteiger partial charge in [-0.15, -0.1) is 0 Å². The molecule has 0 spiro atoms. The van der Waals surface area contributed by atoms with E-state index in [1.165, 1.54) is 22.9 Å². The second-order valence-corrected chi connectivity index (χ2v) is 8.11. The lowest BCUT2D eigenvalue weighted by Gasteiger charge is -2.25. The van der Waals surface area contributed by atoms with Gasteiger partial charge in [-0.2, -0.15) is 4.99 Å². The lowest BCUT2D eigenvalue weighted by atomic mass is 10.1. The molecule has 2 aliphatic heterocycles. The first-order valence-corrected chi connectivity index (χ1v) is 9.99. The molecule has 0 atom stereocenters. The number of carbonyl (C=O) groups is 1. The second-order valence-electron chi connectivity index (χ2n) is 7.27. The Morgan fingerprint density at radius 2 is 1.86 bits per heavy atom. The number of nitrogens with one attached hydrogen (secondary N) is 1. The molecule has 28 heavy (non-hydrogen) atoms. The molecular formula is C22H22N4OS. The number of allylic oxidation sites excluding steroid dienone is 1. The SMILES string of the molecule is CC1=CSC2=NC(=O)/C(=C\c3cc(C)n(-c4ccc(C)cc4C)c3C)C(=N)N12. The van der Waals surface area contributed by atoms with Crippen LogP contribution in [0.2, 0.25) is 0 Å². The lowest BCUT2D eigenvalue weighted by molar-refractivity contribution is -0.114. The van der Waals surface area contributed by atoms with Crippen LogP contribution in [0.15, 0.2) is 45.9 Å². The maximum absolute atomic E-state index is 12.6. The first kappa shape index (κ1) is 18.5. The Morgan fingerprint density at radius 3 is 2.57 bits per heavy atom. The number of benzene rings is 1. The molecule has 0 saturated heterocycles. The summed E-state index contributed by atoms with van der Waals surface area (Å²) in [6.07, 6.45) is 1.80. The van der Waals surface area contributed by atoms with Crippen molar-refractivity contribution >= 4 is 34.7 Å². The van der Waals surface area contributed by atoms with Gasteiger partial charge < -0.3 is 4.57 Å². The molecule has 1 aromatic heterocycles. The third kappa shape index (κ3) is 2.85. The fourth-order valence-corrected chi connectivity index (χ4v) is 4.62. The number of nitrogens with zero attached hydrogens (tertiary/aromatic N) is 3. The van der Waals surface area contributed by atoms with Crippen molar-refractivity contribution in [2.24, 2.45) is 4.99 Å². The van der Waals surface area contributed by atoms with Crippen LogP contribution in [0.5, 0.6) is 0 Å². The molecule has 0 bridgehead atoms. The van der Waals surface area contributed by atoms with E-state index in [0.717, 1.165) is 28.3 Å². The summed E-state index contributed by atoms with van der Waals surface area (Å²) in [5.41, 5.74) is 7.84. The van der Waals surface area contributed by atoms with Crippen molar-refractivity contribution in [3.8, 4) is 5.69 Å². The Hall–Kier alpha value is -2.86. The molecule has 1 amide bonds. The van der Waals surface area contributed by atoms with Crippen molar-refractivity contribution in [3.05, 3.63) is 69.0 Å². The maximum atomic E-state index is 12.6. The molecule has 2 aromatic rings. The van der Waals surface area contributed by atoms with E-state index in [1.54, 1.807) is 11.0 Å². The molecule has 142 valence electrons. The molecule has 2 aliphatic rings. The van der Waals surface area contributed by atoms with E-state index in [1.807, 2.05) is 19.3 Å². The molecule has 1 N–H and O–H groups in total. The number of rotatable bonds is 2. The average molecular weight is 391 g/mol. The predicted molar refractivity (Wildman–Crippen MR) is 116 cm³/mol. The van der Waals surface area contributed by atoms with Crippen LogP contribution >= 0.6 is 11.8 Å². The number of aliphatic imine (C=N–C) groups is 1. The van der Waals surface area contributed by atoms with Gasteiger partial charge in [0.25, 0.3) is 5.91 Å². The molecule has 0 radical (unpaired) electrons. The zero-order valence-electron chi connectivity index (χ0n) is 16.6. The summed E-state index contributed by atoms with van der Waals surface area (Å²) in [5, 5.41) is 11.0. The summed E-state index contributed by atoms with van der Waals surface area (Å²) in [5.74, 6) is -0.173. The van der Waals surface area contributed by atoms with Gasteiger partial charge in [-0.3, -0.25) is 15.1 Å². The topological polar surface area (TPSA) is 61.5 Å². The van der Waals surface area contributed by atoms with Gasteiger partial charge in [-0.1, -0.05) is 29.5 Å². The average Bonchev–Trinajstić information content (AvgIpc) is 3.12. The standard InChI is InChI=1S/C22H22N4OS/c1-12-6-7-19(13(2)8-12)25-14(3)9-17(16(25)5)10-18-20(23)26-15(4)11-28-22(26)24-21(18)27/h6-11,23H,1-5H3/b18-10-,23-20?. The number of aromatic nitrogens is 1. The third-order valence-electron chi connectivity index (χ3n) is 5.15. The minimum absolute atomic E-state index is 0.185. The van der Waals surface area contributed by atoms with E-state index in [4.69, 9.17) is 5.41 Å². The number of amides is 1. The van der Waals surface area contributed by atoms with Crippen LogP contribution < -0.4 is 0 Å². The fraction of sp³-hybridized carbons (Fsp3) is 0.227. The Balaban J connectivity index is 1.80. The molecule has 3 heterocycles. The Labute approximate surface area is 169 Å². The van der Waals surface area contributed by atoms with Crippen molar-refractivity contribution in [2.75, 3.05) is 0 Å².